The summed E-state index contributed by atoms with van der Waals surface area (Å²) in [6, 6.07) is 0. The van der Waals surface area contributed by atoms with Crippen LogP contribution in [0.1, 0.15) is 414 Å². The number of rotatable bonds is 78. The molecule has 0 saturated heterocycles. The molecule has 0 amide bonds. The van der Waals surface area contributed by atoms with E-state index in [1.165, 1.54) is 225 Å². The highest BCUT2D eigenvalue weighted by Gasteiger charge is 2.30. The summed E-state index contributed by atoms with van der Waals surface area (Å²) in [4.78, 5) is 73.0. The molecule has 19 heteroatoms. The number of carbonyl (C=O) groups is 4. The van der Waals surface area contributed by atoms with Gasteiger partial charge in [0.2, 0.25) is 0 Å². The zero-order valence-electron chi connectivity index (χ0n) is 65.0. The molecule has 99 heavy (non-hydrogen) atoms. The molecule has 0 fully saturated rings. The van der Waals surface area contributed by atoms with Crippen LogP contribution in [0, 0.1) is 17.8 Å². The number of hydrogen-bond donors (Lipinski definition) is 3. The van der Waals surface area contributed by atoms with Gasteiger partial charge in [0.1, 0.15) is 19.3 Å². The van der Waals surface area contributed by atoms with Crippen LogP contribution in [0.2, 0.25) is 0 Å². The molecule has 3 N–H and O–H groups in total. The Labute approximate surface area is 607 Å². The van der Waals surface area contributed by atoms with Gasteiger partial charge in [0.25, 0.3) is 0 Å². The molecule has 0 aromatic heterocycles. The van der Waals surface area contributed by atoms with Crippen LogP contribution in [0.4, 0.5) is 0 Å². The van der Waals surface area contributed by atoms with Crippen LogP contribution in [0.25, 0.3) is 0 Å². The molecule has 0 aliphatic carbocycles. The van der Waals surface area contributed by atoms with E-state index >= 15 is 0 Å². The number of unbranched alkanes of at least 4 members (excludes halogenated alkanes) is 46. The zero-order chi connectivity index (χ0) is 73.0. The van der Waals surface area contributed by atoms with E-state index < -0.39 is 97.5 Å². The van der Waals surface area contributed by atoms with Crippen molar-refractivity contribution < 1.29 is 80.2 Å². The summed E-state index contributed by atoms with van der Waals surface area (Å²) >= 11 is 0. The Morgan fingerprint density at radius 2 is 0.465 bits per heavy atom. The third-order valence-electron chi connectivity index (χ3n) is 18.6. The summed E-state index contributed by atoms with van der Waals surface area (Å²) in [5, 5.41) is 10.6. The average Bonchev–Trinajstić information content (AvgIpc) is 1.01. The predicted molar refractivity (Wildman–Crippen MR) is 405 cm³/mol. The second kappa shape index (κ2) is 70.4. The van der Waals surface area contributed by atoms with Gasteiger partial charge in [0, 0.05) is 25.7 Å². The van der Waals surface area contributed by atoms with Crippen LogP contribution in [-0.4, -0.2) is 96.7 Å². The Morgan fingerprint density at radius 1 is 0.273 bits per heavy atom. The molecule has 0 aliphatic heterocycles. The quantitative estimate of drug-likeness (QED) is 0.0222. The molecule has 0 aromatic rings. The normalized spacial score (nSPS) is 14.0. The highest BCUT2D eigenvalue weighted by molar-refractivity contribution is 7.47. The summed E-state index contributed by atoms with van der Waals surface area (Å²) in [5.74, 6) is 0.222. The second-order valence-electron chi connectivity index (χ2n) is 30.2. The number of aliphatic hydroxyl groups is 1. The minimum absolute atomic E-state index is 0.108. The highest BCUT2D eigenvalue weighted by Crippen LogP contribution is 2.45. The largest absolute Gasteiger partial charge is 0.472 e. The average molecular weight is 1450 g/mol. The van der Waals surface area contributed by atoms with Gasteiger partial charge < -0.3 is 33.8 Å². The molecule has 588 valence electrons. The maximum Gasteiger partial charge on any atom is 0.472 e. The third kappa shape index (κ3) is 74.1. The number of ether oxygens (including phenoxy) is 4. The Kier molecular flexibility index (Phi) is 69.0. The minimum atomic E-state index is -4.96. The van der Waals surface area contributed by atoms with Crippen molar-refractivity contribution in [3.63, 3.8) is 0 Å². The first-order valence-electron chi connectivity index (χ1n) is 41.3. The smallest absolute Gasteiger partial charge is 0.462 e. The first-order chi connectivity index (χ1) is 47.7. The third-order valence-corrected chi connectivity index (χ3v) is 20.5. The predicted octanol–water partition coefficient (Wildman–Crippen LogP) is 23.7. The van der Waals surface area contributed by atoms with E-state index in [4.69, 9.17) is 37.0 Å². The van der Waals surface area contributed by atoms with Crippen LogP contribution >= 0.6 is 15.6 Å². The van der Waals surface area contributed by atoms with E-state index in [1.807, 2.05) is 0 Å². The number of esters is 4. The van der Waals surface area contributed by atoms with E-state index in [-0.39, 0.29) is 25.7 Å². The summed E-state index contributed by atoms with van der Waals surface area (Å²) in [6.07, 6.45) is 58.1. The van der Waals surface area contributed by atoms with Crippen LogP contribution < -0.4 is 0 Å². The van der Waals surface area contributed by atoms with Crippen molar-refractivity contribution in [2.45, 2.75) is 433 Å². The van der Waals surface area contributed by atoms with Gasteiger partial charge in [-0.2, -0.15) is 0 Å². The summed E-state index contributed by atoms with van der Waals surface area (Å²) in [7, 11) is -9.92. The number of phosphoric acid groups is 2. The van der Waals surface area contributed by atoms with E-state index in [0.717, 1.165) is 108 Å². The van der Waals surface area contributed by atoms with Gasteiger partial charge in [0.15, 0.2) is 12.2 Å². The molecule has 2 unspecified atom stereocenters. The van der Waals surface area contributed by atoms with Crippen molar-refractivity contribution in [3.05, 3.63) is 0 Å². The molecule has 17 nitrogen and oxygen atoms in total. The van der Waals surface area contributed by atoms with E-state index in [1.54, 1.807) is 0 Å². The van der Waals surface area contributed by atoms with Crippen molar-refractivity contribution in [1.82, 2.24) is 0 Å². The van der Waals surface area contributed by atoms with Crippen molar-refractivity contribution in [2.75, 3.05) is 39.6 Å². The summed E-state index contributed by atoms with van der Waals surface area (Å²) in [6.45, 7) is 12.0. The Bertz CT molecular complexity index is 1920. The standard InChI is InChI=1S/C80H156O17P2/c1-8-9-10-11-12-13-14-15-20-25-35-42-49-56-63-79(84)97-76(68-91-78(83)62-55-48-41-34-29-28-32-39-46-53-60-73(6)7)70-95-99(88,89)93-66-74(81)65-92-98(86,87)94-69-75(67-90-77(82)61-54-47-40-33-27-22-24-31-38-45-52-59-72(4)5)96-80(85)64-57-50-43-36-26-21-18-16-17-19-23-30-37-44-51-58-71(2)3/h71-76,81H,8-70H2,1-7H3,(H,86,87)(H,88,89)/t74-,75-,76-/m1/s1. The maximum absolute atomic E-state index is 13.1. The fraction of sp³-hybridized carbons (Fsp3) is 0.950. The Morgan fingerprint density at radius 3 is 0.687 bits per heavy atom. The number of hydrogen-bond acceptors (Lipinski definition) is 15. The van der Waals surface area contributed by atoms with Crippen molar-refractivity contribution >= 4 is 39.5 Å². The zero-order valence-corrected chi connectivity index (χ0v) is 66.8. The molecule has 0 rings (SSSR count). The van der Waals surface area contributed by atoms with Gasteiger partial charge in [-0.1, -0.05) is 363 Å². The molecule has 0 bridgehead atoms. The van der Waals surface area contributed by atoms with Crippen LogP contribution in [0.15, 0.2) is 0 Å². The second-order valence-corrected chi connectivity index (χ2v) is 33.1. The molecule has 0 radical (unpaired) electrons. The van der Waals surface area contributed by atoms with Crippen LogP contribution in [-0.2, 0) is 65.4 Å². The lowest BCUT2D eigenvalue weighted by molar-refractivity contribution is -0.161. The number of phosphoric ester groups is 2. The monoisotopic (exact) mass is 1450 g/mol. The van der Waals surface area contributed by atoms with Gasteiger partial charge >= 0.3 is 39.5 Å². The SMILES string of the molecule is CCCCCCCCCCCCCCCCC(=O)O[C@H](COC(=O)CCCCCCCCCCCCC(C)C)COP(=O)(O)OC[C@H](O)COP(=O)(O)OC[C@@H](COC(=O)CCCCCCCCCCCCCC(C)C)OC(=O)CCCCCCCCCCCCCCCCCC(C)C. The van der Waals surface area contributed by atoms with Crippen LogP contribution in [0.3, 0.4) is 0 Å². The highest BCUT2D eigenvalue weighted by atomic mass is 31.2. The molecule has 0 aliphatic rings. The van der Waals surface area contributed by atoms with Gasteiger partial charge in [0.05, 0.1) is 26.4 Å². The molecule has 0 saturated carbocycles. The van der Waals surface area contributed by atoms with Gasteiger partial charge in [-0.25, -0.2) is 9.13 Å². The van der Waals surface area contributed by atoms with Crippen molar-refractivity contribution in [3.8, 4) is 0 Å². The van der Waals surface area contributed by atoms with E-state index in [9.17, 15) is 43.2 Å². The first-order valence-corrected chi connectivity index (χ1v) is 44.3. The Balaban J connectivity index is 5.27. The first kappa shape index (κ1) is 97.1. The van der Waals surface area contributed by atoms with Gasteiger partial charge in [-0.05, 0) is 43.4 Å². The topological polar surface area (TPSA) is 237 Å². The fourth-order valence-corrected chi connectivity index (χ4v) is 13.9. The fourth-order valence-electron chi connectivity index (χ4n) is 12.3. The molecule has 0 aromatic carbocycles. The van der Waals surface area contributed by atoms with Crippen LogP contribution in [0.5, 0.6) is 0 Å². The lowest BCUT2D eigenvalue weighted by Crippen LogP contribution is -2.30. The molecule has 0 spiro atoms. The van der Waals surface area contributed by atoms with Gasteiger partial charge in [-0.3, -0.25) is 37.3 Å². The molecular formula is C80H156O17P2. The lowest BCUT2D eigenvalue weighted by atomic mass is 10.0. The minimum Gasteiger partial charge on any atom is -0.462 e. The Hall–Kier alpha value is -1.94. The molecule has 5 atom stereocenters. The molecule has 0 heterocycles. The number of carbonyl (C=O) groups excluding carboxylic acids is 4. The summed E-state index contributed by atoms with van der Waals surface area (Å²) < 4.78 is 68.7. The molecular weight excluding hydrogens is 1290 g/mol. The number of aliphatic hydroxyl groups excluding tert-OH is 1. The summed E-state index contributed by atoms with van der Waals surface area (Å²) in [5.41, 5.74) is 0. The van der Waals surface area contributed by atoms with E-state index in [2.05, 4.69) is 48.5 Å². The van der Waals surface area contributed by atoms with Crippen molar-refractivity contribution in [1.29, 1.82) is 0 Å². The maximum atomic E-state index is 13.1. The van der Waals surface area contributed by atoms with Gasteiger partial charge in [-0.15, -0.1) is 0 Å². The van der Waals surface area contributed by atoms with E-state index in [0.29, 0.717) is 25.7 Å². The van der Waals surface area contributed by atoms with Crippen molar-refractivity contribution in [2.24, 2.45) is 17.8 Å². The lowest BCUT2D eigenvalue weighted by Gasteiger charge is -2.21.